The van der Waals surface area contributed by atoms with Gasteiger partial charge in [0.25, 0.3) is 0 Å². The number of carbonyl (C=O) groups is 1. The number of carbonyl (C=O) groups excluding carboxylic acids is 1. The van der Waals surface area contributed by atoms with Gasteiger partial charge in [-0.1, -0.05) is 20.3 Å². The van der Waals surface area contributed by atoms with Gasteiger partial charge >= 0.3 is 6.18 Å². The van der Waals surface area contributed by atoms with Crippen LogP contribution in [0.3, 0.4) is 0 Å². The van der Waals surface area contributed by atoms with Crippen LogP contribution < -0.4 is 16.8 Å². The molecule has 118 valence electrons. The highest BCUT2D eigenvalue weighted by Gasteiger charge is 2.31. The summed E-state index contributed by atoms with van der Waals surface area (Å²) < 4.78 is 38.4. The number of hydrogen-bond acceptors (Lipinski definition) is 3. The van der Waals surface area contributed by atoms with E-state index in [1.165, 1.54) is 6.07 Å². The fraction of sp³-hybridized carbons (Fsp3) is 0.500. The molecule has 0 fully saturated rings. The number of benzene rings is 1. The molecule has 0 radical (unpaired) electrons. The molecule has 5 N–H and O–H groups in total. The predicted octanol–water partition coefficient (Wildman–Crippen LogP) is 2.48. The number of alkyl halides is 3. The van der Waals surface area contributed by atoms with E-state index < -0.39 is 23.7 Å². The second-order valence-electron chi connectivity index (χ2n) is 5.02. The second-order valence-corrected chi connectivity index (χ2v) is 5.02. The smallest absolute Gasteiger partial charge is 0.326 e. The highest BCUT2D eigenvalue weighted by molar-refractivity contribution is 5.95. The van der Waals surface area contributed by atoms with Crippen molar-refractivity contribution < 1.29 is 18.0 Å². The zero-order valence-corrected chi connectivity index (χ0v) is 12.0. The average Bonchev–Trinajstić information content (AvgIpc) is 2.44. The lowest BCUT2D eigenvalue weighted by Crippen LogP contribution is -2.40. The Labute approximate surface area is 121 Å². The number of halogens is 3. The maximum atomic E-state index is 12.8. The molecule has 7 heteroatoms. The summed E-state index contributed by atoms with van der Waals surface area (Å²) in [6, 6.07) is 2.48. The molecule has 0 bridgehead atoms. The number of nitrogens with one attached hydrogen (secondary N) is 1. The van der Waals surface area contributed by atoms with Crippen LogP contribution in [0.1, 0.15) is 31.4 Å². The second kappa shape index (κ2) is 6.91. The lowest BCUT2D eigenvalue weighted by molar-refractivity contribution is -0.137. The van der Waals surface area contributed by atoms with Crippen LogP contribution in [-0.4, -0.2) is 11.9 Å². The molecule has 0 heterocycles. The number of hydrogen-bond donors (Lipinski definition) is 3. The fourth-order valence-electron chi connectivity index (χ4n) is 1.78. The Morgan fingerprint density at radius 2 is 1.95 bits per heavy atom. The molecule has 21 heavy (non-hydrogen) atoms. The highest BCUT2D eigenvalue weighted by Crippen LogP contribution is 2.32. The van der Waals surface area contributed by atoms with Gasteiger partial charge in [0.2, 0.25) is 5.91 Å². The molecule has 0 aromatic heterocycles. The van der Waals surface area contributed by atoms with Gasteiger partial charge in [-0.3, -0.25) is 4.79 Å². The fourth-order valence-corrected chi connectivity index (χ4v) is 1.78. The van der Waals surface area contributed by atoms with E-state index in [4.69, 9.17) is 11.5 Å². The van der Waals surface area contributed by atoms with Gasteiger partial charge in [-0.15, -0.1) is 0 Å². The summed E-state index contributed by atoms with van der Waals surface area (Å²) in [4.78, 5) is 11.9. The predicted molar refractivity (Wildman–Crippen MR) is 75.4 cm³/mol. The topological polar surface area (TPSA) is 81.1 Å². The molecule has 0 aliphatic carbocycles. The van der Waals surface area contributed by atoms with Crippen LogP contribution in [0.5, 0.6) is 0 Å². The van der Waals surface area contributed by atoms with Crippen molar-refractivity contribution in [3.05, 3.63) is 29.3 Å². The van der Waals surface area contributed by atoms with Crippen molar-refractivity contribution in [2.24, 2.45) is 17.4 Å². The van der Waals surface area contributed by atoms with Crippen molar-refractivity contribution in [2.75, 3.05) is 5.32 Å². The minimum atomic E-state index is -4.50. The van der Waals surface area contributed by atoms with E-state index in [-0.39, 0.29) is 23.7 Å². The third-order valence-corrected chi connectivity index (χ3v) is 3.38. The van der Waals surface area contributed by atoms with E-state index in [0.717, 1.165) is 12.1 Å². The summed E-state index contributed by atoms with van der Waals surface area (Å²) in [6.07, 6.45) is -3.80. The van der Waals surface area contributed by atoms with Gasteiger partial charge in [-0.2, -0.15) is 13.2 Å². The van der Waals surface area contributed by atoms with E-state index in [0.29, 0.717) is 6.42 Å². The van der Waals surface area contributed by atoms with Crippen LogP contribution in [0.15, 0.2) is 18.2 Å². The summed E-state index contributed by atoms with van der Waals surface area (Å²) >= 11 is 0. The lowest BCUT2D eigenvalue weighted by atomic mass is 9.99. The SMILES string of the molecule is CCC(C)C(N)C(=O)Nc1cc(CN)cc(C(F)(F)F)c1. The number of anilines is 1. The van der Waals surface area contributed by atoms with E-state index in [9.17, 15) is 18.0 Å². The maximum absolute atomic E-state index is 12.8. The van der Waals surface area contributed by atoms with Crippen LogP contribution in [0.25, 0.3) is 0 Å². The standard InChI is InChI=1S/C14H20F3N3O/c1-3-8(2)12(19)13(21)20-11-5-9(7-18)4-10(6-11)14(15,16)17/h4-6,8,12H,3,7,18-19H2,1-2H3,(H,20,21). The maximum Gasteiger partial charge on any atom is 0.416 e. The van der Waals surface area contributed by atoms with Crippen molar-refractivity contribution in [3.8, 4) is 0 Å². The van der Waals surface area contributed by atoms with Gasteiger partial charge in [0.15, 0.2) is 0 Å². The van der Waals surface area contributed by atoms with Gasteiger partial charge in [0.05, 0.1) is 11.6 Å². The van der Waals surface area contributed by atoms with Gasteiger partial charge < -0.3 is 16.8 Å². The van der Waals surface area contributed by atoms with E-state index >= 15 is 0 Å². The van der Waals surface area contributed by atoms with Gasteiger partial charge in [0, 0.05) is 12.2 Å². The van der Waals surface area contributed by atoms with Gasteiger partial charge in [0.1, 0.15) is 0 Å². The molecular formula is C14H20F3N3O. The quantitative estimate of drug-likeness (QED) is 0.781. The molecule has 4 nitrogen and oxygen atoms in total. The first-order chi connectivity index (χ1) is 9.68. The third kappa shape index (κ3) is 4.71. The molecule has 1 aromatic carbocycles. The Kier molecular flexibility index (Phi) is 5.74. The lowest BCUT2D eigenvalue weighted by Gasteiger charge is -2.18. The highest BCUT2D eigenvalue weighted by atomic mass is 19.4. The summed E-state index contributed by atoms with van der Waals surface area (Å²) in [7, 11) is 0. The Balaban J connectivity index is 3.00. The van der Waals surface area contributed by atoms with Crippen molar-refractivity contribution in [1.82, 2.24) is 0 Å². The number of nitrogens with two attached hydrogens (primary N) is 2. The summed E-state index contributed by atoms with van der Waals surface area (Å²) in [5.41, 5.74) is 10.6. The van der Waals surface area contributed by atoms with Crippen LogP contribution in [0.2, 0.25) is 0 Å². The first-order valence-electron chi connectivity index (χ1n) is 6.66. The van der Waals surface area contributed by atoms with Crippen molar-refractivity contribution in [3.63, 3.8) is 0 Å². The minimum absolute atomic E-state index is 0.0500. The van der Waals surface area contributed by atoms with Gasteiger partial charge in [-0.05, 0) is 29.7 Å². The molecule has 0 saturated heterocycles. The Hall–Kier alpha value is -1.60. The van der Waals surface area contributed by atoms with Crippen LogP contribution in [-0.2, 0) is 17.5 Å². The molecule has 0 spiro atoms. The van der Waals surface area contributed by atoms with Crippen LogP contribution in [0.4, 0.5) is 18.9 Å². The monoisotopic (exact) mass is 303 g/mol. The van der Waals surface area contributed by atoms with Crippen molar-refractivity contribution >= 4 is 11.6 Å². The molecule has 0 aliphatic heterocycles. The Bertz CT molecular complexity index is 503. The zero-order valence-electron chi connectivity index (χ0n) is 12.0. The minimum Gasteiger partial charge on any atom is -0.326 e. The Morgan fingerprint density at radius 1 is 1.33 bits per heavy atom. The Morgan fingerprint density at radius 3 is 2.43 bits per heavy atom. The van der Waals surface area contributed by atoms with Crippen molar-refractivity contribution in [2.45, 2.75) is 39.0 Å². The van der Waals surface area contributed by atoms with Crippen LogP contribution in [0, 0.1) is 5.92 Å². The first-order valence-corrected chi connectivity index (χ1v) is 6.66. The molecule has 1 amide bonds. The molecule has 0 aliphatic rings. The van der Waals surface area contributed by atoms with Crippen molar-refractivity contribution in [1.29, 1.82) is 0 Å². The normalized spacial score (nSPS) is 14.6. The third-order valence-electron chi connectivity index (χ3n) is 3.38. The molecule has 2 unspecified atom stereocenters. The first kappa shape index (κ1) is 17.5. The largest absolute Gasteiger partial charge is 0.416 e. The van der Waals surface area contributed by atoms with E-state index in [2.05, 4.69) is 5.32 Å². The molecule has 1 rings (SSSR count). The number of amides is 1. The van der Waals surface area contributed by atoms with E-state index in [1.54, 1.807) is 0 Å². The molecule has 2 atom stereocenters. The van der Waals surface area contributed by atoms with Gasteiger partial charge in [-0.25, -0.2) is 0 Å². The number of rotatable bonds is 5. The molecule has 1 aromatic rings. The van der Waals surface area contributed by atoms with Crippen LogP contribution >= 0.6 is 0 Å². The van der Waals surface area contributed by atoms with E-state index in [1.807, 2.05) is 13.8 Å². The molecular weight excluding hydrogens is 283 g/mol. The summed E-state index contributed by atoms with van der Waals surface area (Å²) in [5, 5.41) is 2.42. The summed E-state index contributed by atoms with van der Waals surface area (Å²) in [6.45, 7) is 3.64. The summed E-state index contributed by atoms with van der Waals surface area (Å²) in [5.74, 6) is -0.573. The molecule has 0 saturated carbocycles. The average molecular weight is 303 g/mol. The zero-order chi connectivity index (χ0) is 16.2.